The van der Waals surface area contributed by atoms with Gasteiger partial charge in [-0.25, -0.2) is 0 Å². The highest BCUT2D eigenvalue weighted by atomic mass is 127. The fourth-order valence-electron chi connectivity index (χ4n) is 0.612. The van der Waals surface area contributed by atoms with Gasteiger partial charge < -0.3 is 4.89 Å². The third-order valence-corrected chi connectivity index (χ3v) is 3.68. The summed E-state index contributed by atoms with van der Waals surface area (Å²) in [6.07, 6.45) is 0. The summed E-state index contributed by atoms with van der Waals surface area (Å²) in [5.74, 6) is 0. The second kappa shape index (κ2) is 3.03. The average Bonchev–Trinajstić information content (AvgIpc) is 1.88. The fraction of sp³-hybridized carbons (Fsp3) is 0. The second-order valence-electron chi connectivity index (χ2n) is 1.84. The van der Waals surface area contributed by atoms with Gasteiger partial charge in [-0.2, -0.15) is 0 Å². The third-order valence-electron chi connectivity index (χ3n) is 1.07. The summed E-state index contributed by atoms with van der Waals surface area (Å²) in [4.78, 5) is 9.03. The molecule has 4 heteroatoms. The number of halogens is 1. The predicted molar refractivity (Wildman–Crippen MR) is 49.9 cm³/mol. The smallest absolute Gasteiger partial charge is 0.286 e. The second-order valence-corrected chi connectivity index (χ2v) is 7.28. The number of hydrogen-bond acceptors (Lipinski definition) is 1. The Morgan fingerprint density at radius 3 is 2.10 bits per heavy atom. The summed E-state index contributed by atoms with van der Waals surface area (Å²) in [6.45, 7) is 0. The Kier molecular flexibility index (Phi) is 2.50. The first-order valence-corrected chi connectivity index (χ1v) is 7.13. The highest BCUT2D eigenvalue weighted by molar-refractivity contribution is 14.2. The van der Waals surface area contributed by atoms with Gasteiger partial charge in [0.25, 0.3) is 5.01 Å². The summed E-state index contributed by atoms with van der Waals surface area (Å²) in [5, 5.41) is -2.55. The molecule has 10 heavy (non-hydrogen) atoms. The van der Waals surface area contributed by atoms with Crippen molar-refractivity contribution in [1.82, 2.24) is 0 Å². The highest BCUT2D eigenvalue weighted by Gasteiger charge is 2.13. The van der Waals surface area contributed by atoms with Crippen LogP contribution in [0.1, 0.15) is 0 Å². The van der Waals surface area contributed by atoms with Crippen molar-refractivity contribution < 1.29 is 9.46 Å². The van der Waals surface area contributed by atoms with Crippen LogP contribution in [0.5, 0.6) is 0 Å². The molecule has 0 aliphatic heterocycles. The van der Waals surface area contributed by atoms with Crippen molar-refractivity contribution in [3.05, 3.63) is 30.3 Å². The van der Waals surface area contributed by atoms with Crippen molar-refractivity contribution in [3.8, 4) is 0 Å². The van der Waals surface area contributed by atoms with E-state index in [0.29, 0.717) is 5.30 Å². The zero-order valence-corrected chi connectivity index (χ0v) is 8.12. The van der Waals surface area contributed by atoms with Gasteiger partial charge in [0.1, 0.15) is 0 Å². The van der Waals surface area contributed by atoms with Crippen molar-refractivity contribution in [2.24, 2.45) is 0 Å². The van der Waals surface area contributed by atoms with Crippen LogP contribution >= 0.6 is 27.1 Å². The minimum absolute atomic E-state index is 0.496. The van der Waals surface area contributed by atoms with Crippen LogP contribution in [0.3, 0.4) is 0 Å². The van der Waals surface area contributed by atoms with Crippen molar-refractivity contribution in [2.45, 2.75) is 0 Å². The zero-order chi connectivity index (χ0) is 7.61. The van der Waals surface area contributed by atoms with E-state index in [1.54, 1.807) is 46.3 Å². The van der Waals surface area contributed by atoms with E-state index in [1.807, 2.05) is 6.07 Å². The van der Waals surface area contributed by atoms with E-state index in [1.165, 1.54) is 0 Å². The summed E-state index contributed by atoms with van der Waals surface area (Å²) in [5.41, 5.74) is 0. The molecule has 0 amide bonds. The molecule has 0 radical (unpaired) electrons. The first-order chi connectivity index (χ1) is 4.61. The van der Waals surface area contributed by atoms with E-state index in [9.17, 15) is 4.57 Å². The van der Waals surface area contributed by atoms with Crippen LogP contribution in [0.2, 0.25) is 0 Å². The monoisotopic (exact) mass is 268 g/mol. The molecule has 54 valence electrons. The molecule has 2 nitrogen and oxygen atoms in total. The molecule has 1 N–H and O–H groups in total. The van der Waals surface area contributed by atoms with Crippen molar-refractivity contribution in [3.63, 3.8) is 0 Å². The molecular weight excluding hydrogens is 262 g/mol. The lowest BCUT2D eigenvalue weighted by molar-refractivity contribution is 0.510. The molecule has 0 fully saturated rings. The molecule has 0 heterocycles. The minimum Gasteiger partial charge on any atom is -0.334 e. The molecule has 1 rings (SSSR count). The van der Waals surface area contributed by atoms with E-state index in [0.717, 1.165) is 0 Å². The largest absolute Gasteiger partial charge is 0.334 e. The quantitative estimate of drug-likeness (QED) is 0.624. The molecule has 1 atom stereocenters. The summed E-state index contributed by atoms with van der Waals surface area (Å²) >= 11 is 1.55. The van der Waals surface area contributed by atoms with Gasteiger partial charge in [-0.15, -0.1) is 0 Å². The van der Waals surface area contributed by atoms with Crippen LogP contribution < -0.4 is 5.30 Å². The fourth-order valence-corrected chi connectivity index (χ4v) is 2.12. The van der Waals surface area contributed by atoms with Gasteiger partial charge in [0.2, 0.25) is 0 Å². The maximum atomic E-state index is 11.0. The van der Waals surface area contributed by atoms with Crippen molar-refractivity contribution in [2.75, 3.05) is 0 Å². The van der Waals surface area contributed by atoms with Crippen molar-refractivity contribution in [1.29, 1.82) is 0 Å². The molecule has 0 bridgehead atoms. The molecule has 1 aromatic carbocycles. The van der Waals surface area contributed by atoms with Gasteiger partial charge in [-0.1, -0.05) is 18.2 Å². The molecule has 0 saturated carbocycles. The van der Waals surface area contributed by atoms with E-state index >= 15 is 0 Å². The minimum atomic E-state index is -3.05. The average molecular weight is 268 g/mol. The van der Waals surface area contributed by atoms with E-state index in [4.69, 9.17) is 4.89 Å². The van der Waals surface area contributed by atoms with Gasteiger partial charge in [0.15, 0.2) is 0 Å². The third kappa shape index (κ3) is 2.08. The van der Waals surface area contributed by atoms with Gasteiger partial charge in [0.05, 0.1) is 0 Å². The van der Waals surface area contributed by atoms with Gasteiger partial charge in [0, 0.05) is 27.3 Å². The molecule has 0 saturated heterocycles. The zero-order valence-electron chi connectivity index (χ0n) is 5.07. The Balaban J connectivity index is 3.09. The lowest BCUT2D eigenvalue weighted by atomic mass is 10.4. The van der Waals surface area contributed by atoms with Crippen LogP contribution in [0.4, 0.5) is 0 Å². The normalized spacial score (nSPS) is 16.2. The van der Waals surface area contributed by atoms with E-state index in [2.05, 4.69) is 0 Å². The van der Waals surface area contributed by atoms with Gasteiger partial charge in [-0.3, -0.25) is 4.57 Å². The highest BCUT2D eigenvalue weighted by Crippen LogP contribution is 2.48. The molecule has 1 aromatic rings. The summed E-state index contributed by atoms with van der Waals surface area (Å²) in [6, 6.07) is 8.60. The maximum absolute atomic E-state index is 11.0. The van der Waals surface area contributed by atoms with Gasteiger partial charge in [-0.05, 0) is 12.1 Å². The Bertz CT molecular complexity index is 254. The first-order valence-electron chi connectivity index (χ1n) is 2.69. The standard InChI is InChI=1S/C6H6IO2P/c7-10(8,9)6-4-2-1-3-5-6/h1-5H,(H,8,9). The van der Waals surface area contributed by atoms with E-state index < -0.39 is 5.01 Å². The van der Waals surface area contributed by atoms with Crippen LogP contribution in [0.15, 0.2) is 30.3 Å². The topological polar surface area (TPSA) is 37.3 Å². The van der Waals surface area contributed by atoms with Crippen LogP contribution in [0.25, 0.3) is 0 Å². The Labute approximate surface area is 72.2 Å². The van der Waals surface area contributed by atoms with Crippen LogP contribution in [-0.4, -0.2) is 4.89 Å². The Hall–Kier alpha value is 0.140. The van der Waals surface area contributed by atoms with Crippen molar-refractivity contribution >= 4 is 32.4 Å². The van der Waals surface area contributed by atoms with E-state index in [-0.39, 0.29) is 0 Å². The lowest BCUT2D eigenvalue weighted by Crippen LogP contribution is -1.96. The van der Waals surface area contributed by atoms with Crippen LogP contribution in [-0.2, 0) is 4.57 Å². The number of rotatable bonds is 1. The SMILES string of the molecule is O=P(O)(I)c1ccccc1. The summed E-state index contributed by atoms with van der Waals surface area (Å²) in [7, 11) is 0. The van der Waals surface area contributed by atoms with Gasteiger partial charge >= 0.3 is 0 Å². The molecule has 0 aromatic heterocycles. The molecule has 0 aliphatic rings. The summed E-state index contributed by atoms with van der Waals surface area (Å²) < 4.78 is 11.0. The predicted octanol–water partition coefficient (Wildman–Crippen LogP) is 1.93. The molecule has 0 spiro atoms. The number of benzene rings is 1. The lowest BCUT2D eigenvalue weighted by Gasteiger charge is -2.00. The Morgan fingerprint density at radius 1 is 1.30 bits per heavy atom. The van der Waals surface area contributed by atoms with Crippen LogP contribution in [0, 0.1) is 0 Å². The Morgan fingerprint density at radius 2 is 1.80 bits per heavy atom. The molecule has 1 unspecified atom stereocenters. The molecular formula is C6H6IO2P. The first kappa shape index (κ1) is 8.24. The molecule has 0 aliphatic carbocycles. The number of hydrogen-bond donors (Lipinski definition) is 1. The maximum Gasteiger partial charge on any atom is 0.286 e.